The number of carbonyl (C=O) groups excluding carboxylic acids is 2. The third kappa shape index (κ3) is 4.54. The summed E-state index contributed by atoms with van der Waals surface area (Å²) >= 11 is 0. The quantitative estimate of drug-likeness (QED) is 0.796. The van der Waals surface area contributed by atoms with Gasteiger partial charge in [0.15, 0.2) is 0 Å². The van der Waals surface area contributed by atoms with E-state index in [0.29, 0.717) is 32.5 Å². The van der Waals surface area contributed by atoms with Crippen molar-refractivity contribution in [1.29, 1.82) is 0 Å². The maximum absolute atomic E-state index is 12.7. The minimum atomic E-state index is -4.33. The van der Waals surface area contributed by atoms with Crippen LogP contribution in [0, 0.1) is 0 Å². The van der Waals surface area contributed by atoms with Crippen LogP contribution in [0.2, 0.25) is 0 Å². The van der Waals surface area contributed by atoms with Gasteiger partial charge in [0, 0.05) is 50.7 Å². The number of benzene rings is 1. The lowest BCUT2D eigenvalue weighted by Crippen LogP contribution is -2.56. The lowest BCUT2D eigenvalue weighted by molar-refractivity contribution is -0.137. The second-order valence-corrected chi connectivity index (χ2v) is 7.22. The van der Waals surface area contributed by atoms with E-state index in [4.69, 9.17) is 0 Å². The molecule has 2 aliphatic heterocycles. The van der Waals surface area contributed by atoms with E-state index in [1.807, 2.05) is 4.90 Å². The topological polar surface area (TPSA) is 52.7 Å². The standard InChI is InChI=1S/C19H24F3N3O2/c1-13(26)23-10-2-3-18(27)25-16-8-9-17(25)12-24(11-16)15-6-4-14(5-7-15)19(20,21)22/h4-7,16-17H,2-3,8-12H2,1H3,(H,23,26). The smallest absolute Gasteiger partial charge is 0.367 e. The van der Waals surface area contributed by atoms with Crippen molar-refractivity contribution in [3.8, 4) is 0 Å². The van der Waals surface area contributed by atoms with Gasteiger partial charge in [-0.3, -0.25) is 9.59 Å². The summed E-state index contributed by atoms with van der Waals surface area (Å²) in [4.78, 5) is 27.5. The molecule has 1 aromatic carbocycles. The number of rotatable bonds is 5. The van der Waals surface area contributed by atoms with E-state index in [-0.39, 0.29) is 23.9 Å². The molecule has 2 aliphatic rings. The number of fused-ring (bicyclic) bond motifs is 2. The van der Waals surface area contributed by atoms with E-state index in [2.05, 4.69) is 10.2 Å². The summed E-state index contributed by atoms with van der Waals surface area (Å²) in [7, 11) is 0. The molecule has 2 heterocycles. The molecule has 1 N–H and O–H groups in total. The molecule has 0 aliphatic carbocycles. The van der Waals surface area contributed by atoms with Crippen LogP contribution in [0.15, 0.2) is 24.3 Å². The average Bonchev–Trinajstić information content (AvgIpc) is 2.87. The molecule has 0 radical (unpaired) electrons. The molecular formula is C19H24F3N3O2. The fourth-order valence-electron chi connectivity index (χ4n) is 4.02. The third-order valence-electron chi connectivity index (χ3n) is 5.27. The maximum Gasteiger partial charge on any atom is 0.416 e. The Kier molecular flexibility index (Phi) is 5.62. The number of anilines is 1. The van der Waals surface area contributed by atoms with Gasteiger partial charge in [0.05, 0.1) is 5.56 Å². The van der Waals surface area contributed by atoms with Gasteiger partial charge in [-0.2, -0.15) is 13.2 Å². The lowest BCUT2D eigenvalue weighted by Gasteiger charge is -2.42. The van der Waals surface area contributed by atoms with Gasteiger partial charge < -0.3 is 15.1 Å². The highest BCUT2D eigenvalue weighted by atomic mass is 19.4. The molecule has 2 atom stereocenters. The van der Waals surface area contributed by atoms with Crippen molar-refractivity contribution in [2.75, 3.05) is 24.5 Å². The highest BCUT2D eigenvalue weighted by Gasteiger charge is 2.42. The SMILES string of the molecule is CC(=O)NCCCC(=O)N1C2CCC1CN(c1ccc(C(F)(F)F)cc1)C2. The second kappa shape index (κ2) is 7.78. The van der Waals surface area contributed by atoms with Crippen molar-refractivity contribution < 1.29 is 22.8 Å². The second-order valence-electron chi connectivity index (χ2n) is 7.22. The molecule has 5 nitrogen and oxygen atoms in total. The molecule has 0 spiro atoms. The van der Waals surface area contributed by atoms with Crippen LogP contribution in [0.25, 0.3) is 0 Å². The Morgan fingerprint density at radius 2 is 1.70 bits per heavy atom. The van der Waals surface area contributed by atoms with Crippen LogP contribution in [0.5, 0.6) is 0 Å². The highest BCUT2D eigenvalue weighted by molar-refractivity contribution is 5.78. The van der Waals surface area contributed by atoms with E-state index in [1.165, 1.54) is 19.1 Å². The molecule has 2 bridgehead atoms. The van der Waals surface area contributed by atoms with Crippen LogP contribution < -0.4 is 10.2 Å². The molecule has 0 aromatic heterocycles. The van der Waals surface area contributed by atoms with Crippen LogP contribution in [-0.2, 0) is 15.8 Å². The van der Waals surface area contributed by atoms with E-state index < -0.39 is 11.7 Å². The third-order valence-corrected chi connectivity index (χ3v) is 5.27. The van der Waals surface area contributed by atoms with Crippen LogP contribution in [0.4, 0.5) is 18.9 Å². The molecular weight excluding hydrogens is 359 g/mol. The number of amides is 2. The monoisotopic (exact) mass is 383 g/mol. The Bertz CT molecular complexity index is 676. The van der Waals surface area contributed by atoms with E-state index in [9.17, 15) is 22.8 Å². The minimum Gasteiger partial charge on any atom is -0.367 e. The van der Waals surface area contributed by atoms with Gasteiger partial charge in [-0.05, 0) is 43.5 Å². The van der Waals surface area contributed by atoms with Crippen LogP contribution in [-0.4, -0.2) is 48.4 Å². The maximum atomic E-state index is 12.7. The Hall–Kier alpha value is -2.25. The molecule has 148 valence electrons. The number of hydrogen-bond donors (Lipinski definition) is 1. The van der Waals surface area contributed by atoms with Crippen LogP contribution in [0.3, 0.4) is 0 Å². The van der Waals surface area contributed by atoms with E-state index in [0.717, 1.165) is 30.7 Å². The number of nitrogens with one attached hydrogen (secondary N) is 1. The van der Waals surface area contributed by atoms with Gasteiger partial charge in [-0.1, -0.05) is 0 Å². The van der Waals surface area contributed by atoms with E-state index in [1.54, 1.807) is 0 Å². The van der Waals surface area contributed by atoms with Gasteiger partial charge in [-0.25, -0.2) is 0 Å². The lowest BCUT2D eigenvalue weighted by atomic mass is 10.1. The van der Waals surface area contributed by atoms with Gasteiger partial charge in [-0.15, -0.1) is 0 Å². The summed E-state index contributed by atoms with van der Waals surface area (Å²) in [5.74, 6) is -0.00686. The number of halogens is 3. The summed E-state index contributed by atoms with van der Waals surface area (Å²) in [5, 5.41) is 2.69. The number of hydrogen-bond acceptors (Lipinski definition) is 3. The molecule has 8 heteroatoms. The summed E-state index contributed by atoms with van der Waals surface area (Å²) in [6.45, 7) is 3.21. The molecule has 1 aromatic rings. The number of alkyl halides is 3. The molecule has 3 rings (SSSR count). The zero-order valence-electron chi connectivity index (χ0n) is 15.3. The predicted molar refractivity (Wildman–Crippen MR) is 95.2 cm³/mol. The van der Waals surface area contributed by atoms with Crippen molar-refractivity contribution >= 4 is 17.5 Å². The Balaban J connectivity index is 1.58. The summed E-state index contributed by atoms with van der Waals surface area (Å²) in [6, 6.07) is 5.42. The first-order valence-corrected chi connectivity index (χ1v) is 9.23. The average molecular weight is 383 g/mol. The largest absolute Gasteiger partial charge is 0.416 e. The fraction of sp³-hybridized carbons (Fsp3) is 0.579. The van der Waals surface area contributed by atoms with Gasteiger partial charge in [0.2, 0.25) is 11.8 Å². The first kappa shape index (κ1) is 19.5. The highest BCUT2D eigenvalue weighted by Crippen LogP contribution is 2.35. The molecule has 2 unspecified atom stereocenters. The van der Waals surface area contributed by atoms with Crippen molar-refractivity contribution in [1.82, 2.24) is 10.2 Å². The minimum absolute atomic E-state index is 0.0966. The summed E-state index contributed by atoms with van der Waals surface area (Å²) in [5.41, 5.74) is 0.111. The molecule has 0 saturated carbocycles. The van der Waals surface area contributed by atoms with Crippen molar-refractivity contribution in [2.45, 2.75) is 50.9 Å². The summed E-state index contributed by atoms with van der Waals surface area (Å²) in [6.07, 6.45) is -1.50. The molecule has 2 amide bonds. The Morgan fingerprint density at radius 3 is 2.22 bits per heavy atom. The van der Waals surface area contributed by atoms with Gasteiger partial charge in [0.1, 0.15) is 0 Å². The van der Waals surface area contributed by atoms with Crippen molar-refractivity contribution in [3.05, 3.63) is 29.8 Å². The number of carbonyl (C=O) groups is 2. The number of piperazine rings is 1. The van der Waals surface area contributed by atoms with Crippen molar-refractivity contribution in [2.24, 2.45) is 0 Å². The Labute approximate surface area is 156 Å². The van der Waals surface area contributed by atoms with Gasteiger partial charge in [0.25, 0.3) is 0 Å². The van der Waals surface area contributed by atoms with Crippen LogP contribution >= 0.6 is 0 Å². The predicted octanol–water partition coefficient (Wildman–Crippen LogP) is 2.80. The molecule has 27 heavy (non-hydrogen) atoms. The fourth-order valence-corrected chi connectivity index (χ4v) is 4.02. The molecule has 2 fully saturated rings. The Morgan fingerprint density at radius 1 is 1.11 bits per heavy atom. The van der Waals surface area contributed by atoms with E-state index >= 15 is 0 Å². The van der Waals surface area contributed by atoms with Crippen molar-refractivity contribution in [3.63, 3.8) is 0 Å². The zero-order valence-corrected chi connectivity index (χ0v) is 15.3. The molecule has 2 saturated heterocycles. The van der Waals surface area contributed by atoms with Crippen LogP contribution in [0.1, 0.15) is 38.2 Å². The summed E-state index contributed by atoms with van der Waals surface area (Å²) < 4.78 is 38.2. The number of nitrogens with zero attached hydrogens (tertiary/aromatic N) is 2. The normalized spacial score (nSPS) is 22.1. The zero-order chi connectivity index (χ0) is 19.6. The first-order valence-electron chi connectivity index (χ1n) is 9.23. The first-order chi connectivity index (χ1) is 12.8. The van der Waals surface area contributed by atoms with Gasteiger partial charge >= 0.3 is 6.18 Å².